The van der Waals surface area contributed by atoms with Gasteiger partial charge in [-0.2, -0.15) is 0 Å². The zero-order chi connectivity index (χ0) is 13.1. The van der Waals surface area contributed by atoms with Gasteiger partial charge in [-0.1, -0.05) is 20.8 Å². The number of nitrogens with zero attached hydrogens (tertiary/aromatic N) is 2. The second-order valence-electron chi connectivity index (χ2n) is 5.51. The van der Waals surface area contributed by atoms with Crippen LogP contribution in [0.5, 0.6) is 0 Å². The molecular formula is C14H22BrN3. The van der Waals surface area contributed by atoms with Gasteiger partial charge in [-0.15, -0.1) is 0 Å². The molecule has 2 rings (SSSR count). The van der Waals surface area contributed by atoms with Crippen LogP contribution in [0.25, 0.3) is 0 Å². The van der Waals surface area contributed by atoms with E-state index in [4.69, 9.17) is 0 Å². The van der Waals surface area contributed by atoms with Crippen LogP contribution in [0.2, 0.25) is 0 Å². The van der Waals surface area contributed by atoms with Gasteiger partial charge >= 0.3 is 0 Å². The number of anilines is 1. The van der Waals surface area contributed by atoms with E-state index in [1.54, 1.807) is 0 Å². The molecule has 1 fully saturated rings. The van der Waals surface area contributed by atoms with E-state index in [1.165, 1.54) is 12.0 Å². The fraction of sp³-hybridized carbons (Fsp3) is 0.643. The molecule has 0 spiro atoms. The SMILES string of the molecule is CC1CCN(c2ncc(Br)cc2CNC(C)C)C1. The van der Waals surface area contributed by atoms with Crippen molar-refractivity contribution in [2.24, 2.45) is 5.92 Å². The molecule has 1 aromatic heterocycles. The van der Waals surface area contributed by atoms with Gasteiger partial charge in [0, 0.05) is 41.9 Å². The van der Waals surface area contributed by atoms with E-state index in [1.807, 2.05) is 6.20 Å². The second-order valence-corrected chi connectivity index (χ2v) is 6.43. The maximum absolute atomic E-state index is 4.61. The van der Waals surface area contributed by atoms with Crippen LogP contribution in [0, 0.1) is 5.92 Å². The smallest absolute Gasteiger partial charge is 0.133 e. The molecule has 0 aliphatic carbocycles. The summed E-state index contributed by atoms with van der Waals surface area (Å²) in [6, 6.07) is 2.68. The van der Waals surface area contributed by atoms with Crippen LogP contribution < -0.4 is 10.2 Å². The summed E-state index contributed by atoms with van der Waals surface area (Å²) in [6.45, 7) is 9.79. The highest BCUT2D eigenvalue weighted by Gasteiger charge is 2.22. The van der Waals surface area contributed by atoms with E-state index in [9.17, 15) is 0 Å². The fourth-order valence-electron chi connectivity index (χ4n) is 2.33. The van der Waals surface area contributed by atoms with Crippen molar-refractivity contribution < 1.29 is 0 Å². The van der Waals surface area contributed by atoms with Crippen molar-refractivity contribution in [3.05, 3.63) is 22.3 Å². The predicted molar refractivity (Wildman–Crippen MR) is 79.9 cm³/mol. The molecule has 1 aliphatic heterocycles. The lowest BCUT2D eigenvalue weighted by Gasteiger charge is -2.21. The number of rotatable bonds is 4. The van der Waals surface area contributed by atoms with E-state index < -0.39 is 0 Å². The minimum atomic E-state index is 0.495. The molecule has 1 unspecified atom stereocenters. The van der Waals surface area contributed by atoms with Crippen LogP contribution in [0.4, 0.5) is 5.82 Å². The summed E-state index contributed by atoms with van der Waals surface area (Å²) in [7, 11) is 0. The molecule has 3 nitrogen and oxygen atoms in total. The largest absolute Gasteiger partial charge is 0.356 e. The van der Waals surface area contributed by atoms with Crippen LogP contribution in [-0.2, 0) is 6.54 Å². The highest BCUT2D eigenvalue weighted by molar-refractivity contribution is 9.10. The highest BCUT2D eigenvalue weighted by atomic mass is 79.9. The molecule has 1 saturated heterocycles. The standard InChI is InChI=1S/C14H22BrN3/c1-10(2)16-7-12-6-13(15)8-17-14(12)18-5-4-11(3)9-18/h6,8,10-11,16H,4-5,7,9H2,1-3H3. The zero-order valence-electron chi connectivity index (χ0n) is 11.4. The number of halogens is 1. The summed E-state index contributed by atoms with van der Waals surface area (Å²) < 4.78 is 1.05. The van der Waals surface area contributed by atoms with Gasteiger partial charge < -0.3 is 10.2 Å². The van der Waals surface area contributed by atoms with Gasteiger partial charge in [-0.05, 0) is 34.3 Å². The number of hydrogen-bond acceptors (Lipinski definition) is 3. The van der Waals surface area contributed by atoms with Gasteiger partial charge in [-0.25, -0.2) is 4.98 Å². The summed E-state index contributed by atoms with van der Waals surface area (Å²) in [6.07, 6.45) is 3.17. The average molecular weight is 312 g/mol. The van der Waals surface area contributed by atoms with Crippen molar-refractivity contribution in [2.75, 3.05) is 18.0 Å². The topological polar surface area (TPSA) is 28.2 Å². The molecule has 1 aliphatic rings. The lowest BCUT2D eigenvalue weighted by molar-refractivity contribution is 0.587. The molecule has 2 heterocycles. The molecule has 0 radical (unpaired) electrons. The maximum atomic E-state index is 4.61. The van der Waals surface area contributed by atoms with E-state index in [0.717, 1.165) is 35.8 Å². The number of pyridine rings is 1. The van der Waals surface area contributed by atoms with Crippen molar-refractivity contribution >= 4 is 21.7 Å². The van der Waals surface area contributed by atoms with E-state index in [2.05, 4.69) is 58.0 Å². The minimum absolute atomic E-state index is 0.495. The van der Waals surface area contributed by atoms with Crippen molar-refractivity contribution in [1.29, 1.82) is 0 Å². The Labute approximate surface area is 118 Å². The first-order chi connectivity index (χ1) is 8.56. The Balaban J connectivity index is 2.17. The number of nitrogens with one attached hydrogen (secondary N) is 1. The lowest BCUT2D eigenvalue weighted by atomic mass is 10.2. The van der Waals surface area contributed by atoms with Gasteiger partial charge in [-0.3, -0.25) is 0 Å². The van der Waals surface area contributed by atoms with Crippen molar-refractivity contribution in [2.45, 2.75) is 39.8 Å². The highest BCUT2D eigenvalue weighted by Crippen LogP contribution is 2.26. The summed E-state index contributed by atoms with van der Waals surface area (Å²) in [5, 5.41) is 3.48. The molecular weight excluding hydrogens is 290 g/mol. The molecule has 1 N–H and O–H groups in total. The van der Waals surface area contributed by atoms with E-state index in [-0.39, 0.29) is 0 Å². The Kier molecular flexibility index (Phi) is 4.62. The number of hydrogen-bond donors (Lipinski definition) is 1. The Morgan fingerprint density at radius 2 is 2.33 bits per heavy atom. The van der Waals surface area contributed by atoms with Gasteiger partial charge in [0.1, 0.15) is 5.82 Å². The van der Waals surface area contributed by atoms with Crippen molar-refractivity contribution in [3.63, 3.8) is 0 Å². The monoisotopic (exact) mass is 311 g/mol. The van der Waals surface area contributed by atoms with E-state index in [0.29, 0.717) is 6.04 Å². The third-order valence-corrected chi connectivity index (χ3v) is 3.77. The summed E-state index contributed by atoms with van der Waals surface area (Å²) in [5.74, 6) is 1.93. The molecule has 4 heteroatoms. The average Bonchev–Trinajstić information content (AvgIpc) is 2.73. The van der Waals surface area contributed by atoms with Crippen molar-refractivity contribution in [3.8, 4) is 0 Å². The molecule has 18 heavy (non-hydrogen) atoms. The maximum Gasteiger partial charge on any atom is 0.133 e. The van der Waals surface area contributed by atoms with Gasteiger partial charge in [0.25, 0.3) is 0 Å². The zero-order valence-corrected chi connectivity index (χ0v) is 13.0. The third kappa shape index (κ3) is 3.45. The van der Waals surface area contributed by atoms with Crippen molar-refractivity contribution in [1.82, 2.24) is 10.3 Å². The van der Waals surface area contributed by atoms with Crippen LogP contribution in [-0.4, -0.2) is 24.1 Å². The van der Waals surface area contributed by atoms with Crippen LogP contribution >= 0.6 is 15.9 Å². The van der Waals surface area contributed by atoms with Gasteiger partial charge in [0.15, 0.2) is 0 Å². The normalized spacial score (nSPS) is 19.8. The second kappa shape index (κ2) is 6.02. The Morgan fingerprint density at radius 1 is 1.56 bits per heavy atom. The first-order valence-electron chi connectivity index (χ1n) is 6.69. The molecule has 0 saturated carbocycles. The minimum Gasteiger partial charge on any atom is -0.356 e. The summed E-state index contributed by atoms with van der Waals surface area (Å²) in [5.41, 5.74) is 1.28. The summed E-state index contributed by atoms with van der Waals surface area (Å²) in [4.78, 5) is 7.02. The Hall–Kier alpha value is -0.610. The van der Waals surface area contributed by atoms with Crippen LogP contribution in [0.15, 0.2) is 16.7 Å². The van der Waals surface area contributed by atoms with Gasteiger partial charge in [0.05, 0.1) is 0 Å². The van der Waals surface area contributed by atoms with Crippen LogP contribution in [0.1, 0.15) is 32.8 Å². The number of aromatic nitrogens is 1. The van der Waals surface area contributed by atoms with Gasteiger partial charge in [0.2, 0.25) is 0 Å². The molecule has 0 bridgehead atoms. The van der Waals surface area contributed by atoms with E-state index >= 15 is 0 Å². The fourth-order valence-corrected chi connectivity index (χ4v) is 2.71. The first-order valence-corrected chi connectivity index (χ1v) is 7.48. The predicted octanol–water partition coefficient (Wildman–Crippen LogP) is 3.19. The quantitative estimate of drug-likeness (QED) is 0.925. The Morgan fingerprint density at radius 3 is 2.94 bits per heavy atom. The molecule has 1 atom stereocenters. The summed E-state index contributed by atoms with van der Waals surface area (Å²) >= 11 is 3.51. The van der Waals surface area contributed by atoms with Crippen LogP contribution in [0.3, 0.4) is 0 Å². The molecule has 100 valence electrons. The molecule has 0 aromatic carbocycles. The third-order valence-electron chi connectivity index (χ3n) is 3.33. The lowest BCUT2D eigenvalue weighted by Crippen LogP contribution is -2.26. The molecule has 1 aromatic rings. The Bertz CT molecular complexity index is 406. The first kappa shape index (κ1) is 13.8. The molecule has 0 amide bonds.